The summed E-state index contributed by atoms with van der Waals surface area (Å²) in [5.41, 5.74) is 3.40. The molecule has 0 aliphatic carbocycles. The average molecular weight is 335 g/mol. The molecule has 0 saturated carbocycles. The lowest BCUT2D eigenvalue weighted by Gasteiger charge is -2.05. The molecule has 0 radical (unpaired) electrons. The molecule has 24 heavy (non-hydrogen) atoms. The van der Waals surface area contributed by atoms with Crippen LogP contribution >= 0.6 is 11.3 Å². The Bertz CT molecular complexity index is 1030. The number of nitrogens with zero attached hydrogens (tertiary/aromatic N) is 1. The zero-order valence-corrected chi connectivity index (χ0v) is 14.1. The van der Waals surface area contributed by atoms with Gasteiger partial charge in [-0.1, -0.05) is 25.1 Å². The summed E-state index contributed by atoms with van der Waals surface area (Å²) in [6.07, 6.45) is 4.96. The molecule has 0 bridgehead atoms. The summed E-state index contributed by atoms with van der Waals surface area (Å²) in [5, 5.41) is 7.06. The minimum atomic E-state index is -0.0519. The first-order valence-corrected chi connectivity index (χ1v) is 8.84. The Kier molecular flexibility index (Phi) is 3.78. The third kappa shape index (κ3) is 2.57. The zero-order chi connectivity index (χ0) is 16.5. The second-order valence-electron chi connectivity index (χ2n) is 5.72. The van der Waals surface area contributed by atoms with Crippen LogP contribution in [0.5, 0.6) is 0 Å². The molecule has 4 rings (SSSR count). The molecule has 3 heterocycles. The first-order chi connectivity index (χ1) is 11.8. The average Bonchev–Trinajstić information content (AvgIpc) is 3.22. The van der Waals surface area contributed by atoms with E-state index in [2.05, 4.69) is 34.3 Å². The molecule has 1 amide bonds. The van der Waals surface area contributed by atoms with Gasteiger partial charge in [0.1, 0.15) is 5.82 Å². The van der Waals surface area contributed by atoms with Crippen molar-refractivity contribution >= 4 is 44.1 Å². The number of pyridine rings is 1. The molecule has 3 aromatic heterocycles. The highest BCUT2D eigenvalue weighted by Crippen LogP contribution is 2.26. The maximum atomic E-state index is 12.5. The van der Waals surface area contributed by atoms with Crippen molar-refractivity contribution in [3.05, 3.63) is 59.2 Å². The van der Waals surface area contributed by atoms with E-state index in [1.165, 1.54) is 5.56 Å². The number of aryl methyl sites for hydroxylation is 1. The number of nitrogens with one attached hydrogen (secondary N) is 2. The number of aromatic amines is 1. The summed E-state index contributed by atoms with van der Waals surface area (Å²) in [6.45, 7) is 2.13. The number of fused-ring (bicyclic) bond motifs is 2. The molecule has 0 fully saturated rings. The highest BCUT2D eigenvalue weighted by molar-refractivity contribution is 7.17. The van der Waals surface area contributed by atoms with E-state index in [-0.39, 0.29) is 5.91 Å². The normalized spacial score (nSPS) is 11.2. The van der Waals surface area contributed by atoms with Gasteiger partial charge in [-0.15, -0.1) is 11.3 Å². The smallest absolute Gasteiger partial charge is 0.230 e. The maximum absolute atomic E-state index is 12.5. The van der Waals surface area contributed by atoms with E-state index < -0.39 is 0 Å². The Morgan fingerprint density at radius 3 is 3.00 bits per heavy atom. The molecule has 2 N–H and O–H groups in total. The summed E-state index contributed by atoms with van der Waals surface area (Å²) in [5.74, 6) is 0.580. The van der Waals surface area contributed by atoms with Gasteiger partial charge < -0.3 is 10.3 Å². The molecule has 120 valence electrons. The summed E-state index contributed by atoms with van der Waals surface area (Å²) in [6, 6.07) is 10.2. The van der Waals surface area contributed by atoms with Crippen molar-refractivity contribution in [2.45, 2.75) is 19.8 Å². The van der Waals surface area contributed by atoms with Gasteiger partial charge >= 0.3 is 0 Å². The second-order valence-corrected chi connectivity index (χ2v) is 6.67. The van der Waals surface area contributed by atoms with Crippen molar-refractivity contribution in [2.75, 3.05) is 5.32 Å². The molecule has 0 unspecified atom stereocenters. The summed E-state index contributed by atoms with van der Waals surface area (Å²) in [7, 11) is 0. The first kappa shape index (κ1) is 14.9. The fourth-order valence-corrected chi connectivity index (χ4v) is 3.84. The molecule has 5 heteroatoms. The van der Waals surface area contributed by atoms with Crippen LogP contribution in [0, 0.1) is 0 Å². The van der Waals surface area contributed by atoms with E-state index in [4.69, 9.17) is 0 Å². The van der Waals surface area contributed by atoms with Gasteiger partial charge in [0, 0.05) is 33.4 Å². The van der Waals surface area contributed by atoms with Crippen molar-refractivity contribution in [3.8, 4) is 0 Å². The van der Waals surface area contributed by atoms with Crippen LogP contribution in [0.1, 0.15) is 18.1 Å². The Labute approximate surface area is 143 Å². The van der Waals surface area contributed by atoms with Crippen molar-refractivity contribution in [2.24, 2.45) is 0 Å². The third-order valence-corrected chi connectivity index (χ3v) is 5.14. The van der Waals surface area contributed by atoms with Crippen molar-refractivity contribution < 1.29 is 4.79 Å². The molecule has 0 aliphatic heterocycles. The molecule has 1 aromatic carbocycles. The number of carbonyl (C=O) groups excluding carboxylic acids is 1. The Morgan fingerprint density at radius 1 is 1.21 bits per heavy atom. The number of hydrogen-bond acceptors (Lipinski definition) is 3. The molecular weight excluding hydrogens is 318 g/mol. The summed E-state index contributed by atoms with van der Waals surface area (Å²) in [4.78, 5) is 20.1. The standard InChI is InChI=1S/C19H17N3OS/c1-2-12-4-3-5-14-13(11-21-18(12)14)10-17(23)22-19-15-7-9-24-16(15)6-8-20-19/h3-9,11,21H,2,10H2,1H3,(H,20,22,23). The molecule has 0 atom stereocenters. The van der Waals surface area contributed by atoms with Gasteiger partial charge in [-0.25, -0.2) is 4.98 Å². The number of thiophene rings is 1. The van der Waals surface area contributed by atoms with Gasteiger partial charge in [0.2, 0.25) is 5.91 Å². The van der Waals surface area contributed by atoms with Crippen LogP contribution < -0.4 is 5.32 Å². The Hall–Kier alpha value is -2.66. The van der Waals surface area contributed by atoms with E-state index in [9.17, 15) is 4.79 Å². The number of rotatable bonds is 4. The quantitative estimate of drug-likeness (QED) is 0.576. The van der Waals surface area contributed by atoms with Crippen LogP contribution in [0.3, 0.4) is 0 Å². The monoisotopic (exact) mass is 335 g/mol. The lowest BCUT2D eigenvalue weighted by Crippen LogP contribution is -2.15. The van der Waals surface area contributed by atoms with E-state index >= 15 is 0 Å². The second kappa shape index (κ2) is 6.09. The van der Waals surface area contributed by atoms with Crippen LogP contribution in [0.2, 0.25) is 0 Å². The predicted molar refractivity (Wildman–Crippen MR) is 99.6 cm³/mol. The number of carbonyl (C=O) groups is 1. The van der Waals surface area contributed by atoms with Crippen molar-refractivity contribution in [1.29, 1.82) is 0 Å². The molecule has 4 aromatic rings. The zero-order valence-electron chi connectivity index (χ0n) is 13.3. The van der Waals surface area contributed by atoms with Gasteiger partial charge in [-0.05, 0) is 35.1 Å². The molecule has 0 aliphatic rings. The Morgan fingerprint density at radius 2 is 2.12 bits per heavy atom. The van der Waals surface area contributed by atoms with Gasteiger partial charge in [0.05, 0.1) is 6.42 Å². The van der Waals surface area contributed by atoms with Crippen LogP contribution in [0.4, 0.5) is 5.82 Å². The van der Waals surface area contributed by atoms with Crippen LogP contribution in [0.15, 0.2) is 48.1 Å². The lowest BCUT2D eigenvalue weighted by atomic mass is 10.1. The number of aromatic nitrogens is 2. The van der Waals surface area contributed by atoms with E-state index in [1.807, 2.05) is 29.8 Å². The number of H-pyrrole nitrogens is 1. The highest BCUT2D eigenvalue weighted by atomic mass is 32.1. The molecule has 0 saturated heterocycles. The highest BCUT2D eigenvalue weighted by Gasteiger charge is 2.12. The topological polar surface area (TPSA) is 57.8 Å². The van der Waals surface area contributed by atoms with Crippen molar-refractivity contribution in [1.82, 2.24) is 9.97 Å². The summed E-state index contributed by atoms with van der Waals surface area (Å²) >= 11 is 1.64. The van der Waals surface area contributed by atoms with Gasteiger partial charge in [-0.3, -0.25) is 4.79 Å². The maximum Gasteiger partial charge on any atom is 0.230 e. The fraction of sp³-hybridized carbons (Fsp3) is 0.158. The molecule has 0 spiro atoms. The first-order valence-electron chi connectivity index (χ1n) is 7.96. The van der Waals surface area contributed by atoms with Crippen LogP contribution in [-0.2, 0) is 17.6 Å². The van der Waals surface area contributed by atoms with E-state index in [0.29, 0.717) is 12.2 Å². The number of amides is 1. The fourth-order valence-electron chi connectivity index (χ4n) is 3.06. The van der Waals surface area contributed by atoms with Gasteiger partial charge in [0.15, 0.2) is 0 Å². The van der Waals surface area contributed by atoms with Crippen LogP contribution in [-0.4, -0.2) is 15.9 Å². The SMILES string of the molecule is CCc1cccc2c(CC(=O)Nc3nccc4sccc34)c[nH]c12. The summed E-state index contributed by atoms with van der Waals surface area (Å²) < 4.78 is 1.12. The van der Waals surface area contributed by atoms with Crippen molar-refractivity contribution in [3.63, 3.8) is 0 Å². The number of benzene rings is 1. The number of para-hydroxylation sites is 1. The van der Waals surface area contributed by atoms with E-state index in [0.717, 1.165) is 33.0 Å². The van der Waals surface area contributed by atoms with Crippen LogP contribution in [0.25, 0.3) is 21.0 Å². The molecule has 4 nitrogen and oxygen atoms in total. The van der Waals surface area contributed by atoms with Gasteiger partial charge in [-0.2, -0.15) is 0 Å². The number of anilines is 1. The number of hydrogen-bond donors (Lipinski definition) is 2. The largest absolute Gasteiger partial charge is 0.361 e. The third-order valence-electron chi connectivity index (χ3n) is 4.26. The Balaban J connectivity index is 1.60. The minimum absolute atomic E-state index is 0.0519. The predicted octanol–water partition coefficient (Wildman–Crippen LogP) is 4.52. The molecular formula is C19H17N3OS. The van der Waals surface area contributed by atoms with Gasteiger partial charge in [0.25, 0.3) is 0 Å². The lowest BCUT2D eigenvalue weighted by molar-refractivity contribution is -0.115. The van der Waals surface area contributed by atoms with E-state index in [1.54, 1.807) is 17.5 Å². The minimum Gasteiger partial charge on any atom is -0.361 e.